The lowest BCUT2D eigenvalue weighted by molar-refractivity contribution is 0.316. The highest BCUT2D eigenvalue weighted by molar-refractivity contribution is 5.05. The molecule has 2 rings (SSSR count). The zero-order chi connectivity index (χ0) is 7.19. The van der Waals surface area contributed by atoms with Gasteiger partial charge in [-0.15, -0.1) is 6.58 Å². The van der Waals surface area contributed by atoms with Gasteiger partial charge in [-0.25, -0.2) is 0 Å². The fraction of sp³-hybridized carbons (Fsp3) is 0.800. The molecule has 10 heavy (non-hydrogen) atoms. The molecule has 2 aliphatic carbocycles. The van der Waals surface area contributed by atoms with Gasteiger partial charge < -0.3 is 0 Å². The topological polar surface area (TPSA) is 0 Å². The predicted molar refractivity (Wildman–Crippen MR) is 43.8 cm³/mol. The molecule has 2 aliphatic rings. The first-order chi connectivity index (χ1) is 4.74. The molecule has 0 aliphatic heterocycles. The minimum absolute atomic E-state index is 0.777. The van der Waals surface area contributed by atoms with Crippen molar-refractivity contribution in [1.29, 1.82) is 0 Å². The number of hydrogen-bond acceptors (Lipinski definition) is 0. The van der Waals surface area contributed by atoms with Crippen LogP contribution >= 0.6 is 0 Å². The smallest absolute Gasteiger partial charge is 0.0233 e. The van der Waals surface area contributed by atoms with E-state index >= 15 is 0 Å². The predicted octanol–water partition coefficient (Wildman–Crippen LogP) is 3.00. The van der Waals surface area contributed by atoms with E-state index in [1.54, 1.807) is 0 Å². The van der Waals surface area contributed by atoms with Crippen LogP contribution in [0.15, 0.2) is 12.7 Å². The maximum Gasteiger partial charge on any atom is -0.0233 e. The largest absolute Gasteiger partial charge is 0.103 e. The summed E-state index contributed by atoms with van der Waals surface area (Å²) in [5.41, 5.74) is 0.777. The summed E-state index contributed by atoms with van der Waals surface area (Å²) in [6.45, 7) is 6.30. The van der Waals surface area contributed by atoms with Gasteiger partial charge in [0, 0.05) is 0 Å². The summed E-state index contributed by atoms with van der Waals surface area (Å²) in [6.07, 6.45) is 7.93. The zero-order valence-corrected chi connectivity index (χ0v) is 6.77. The van der Waals surface area contributed by atoms with E-state index in [9.17, 15) is 0 Å². The van der Waals surface area contributed by atoms with Crippen LogP contribution in [0.25, 0.3) is 0 Å². The Labute approximate surface area is 63.3 Å². The Morgan fingerprint density at radius 1 is 1.60 bits per heavy atom. The van der Waals surface area contributed by atoms with E-state index in [0.29, 0.717) is 0 Å². The summed E-state index contributed by atoms with van der Waals surface area (Å²) in [4.78, 5) is 0. The Morgan fingerprint density at radius 3 is 3.00 bits per heavy atom. The van der Waals surface area contributed by atoms with Crippen molar-refractivity contribution in [2.45, 2.75) is 32.6 Å². The van der Waals surface area contributed by atoms with Crippen molar-refractivity contribution >= 4 is 0 Å². The normalized spacial score (nSPS) is 51.7. The van der Waals surface area contributed by atoms with Crippen LogP contribution in [-0.4, -0.2) is 0 Å². The van der Waals surface area contributed by atoms with E-state index in [1.807, 2.05) is 0 Å². The molecule has 0 aromatic rings. The van der Waals surface area contributed by atoms with Gasteiger partial charge in [-0.2, -0.15) is 0 Å². The molecular formula is C10H16. The van der Waals surface area contributed by atoms with Crippen LogP contribution in [0.5, 0.6) is 0 Å². The van der Waals surface area contributed by atoms with Gasteiger partial charge >= 0.3 is 0 Å². The molecule has 0 heteroatoms. The molecule has 0 amide bonds. The molecule has 0 heterocycles. The van der Waals surface area contributed by atoms with Gasteiger partial charge in [-0.05, 0) is 42.9 Å². The zero-order valence-electron chi connectivity index (χ0n) is 6.77. The van der Waals surface area contributed by atoms with E-state index in [0.717, 1.165) is 17.3 Å². The first-order valence-corrected chi connectivity index (χ1v) is 4.37. The molecule has 56 valence electrons. The monoisotopic (exact) mass is 136 g/mol. The Hall–Kier alpha value is -0.260. The highest BCUT2D eigenvalue weighted by atomic mass is 14.6. The summed E-state index contributed by atoms with van der Waals surface area (Å²) in [6, 6.07) is 0. The van der Waals surface area contributed by atoms with Crippen molar-refractivity contribution in [3.63, 3.8) is 0 Å². The Kier molecular flexibility index (Phi) is 1.21. The Morgan fingerprint density at radius 2 is 2.40 bits per heavy atom. The molecular weight excluding hydrogens is 120 g/mol. The molecule has 3 unspecified atom stereocenters. The number of fused-ring (bicyclic) bond motifs is 1. The lowest BCUT2D eigenvalue weighted by Gasteiger charge is -2.22. The van der Waals surface area contributed by atoms with Gasteiger partial charge in [0.1, 0.15) is 0 Å². The fourth-order valence-electron chi connectivity index (χ4n) is 2.39. The third-order valence-electron chi connectivity index (χ3n) is 3.55. The van der Waals surface area contributed by atoms with Gasteiger partial charge in [0.15, 0.2) is 0 Å². The first kappa shape index (κ1) is 6.45. The van der Waals surface area contributed by atoms with Crippen LogP contribution in [0, 0.1) is 17.3 Å². The highest BCUT2D eigenvalue weighted by Crippen LogP contribution is 2.62. The molecule has 0 nitrogen and oxygen atoms in total. The van der Waals surface area contributed by atoms with Crippen molar-refractivity contribution in [3.8, 4) is 0 Å². The summed E-state index contributed by atoms with van der Waals surface area (Å²) >= 11 is 0. The number of rotatable bonds is 1. The lowest BCUT2D eigenvalue weighted by Crippen LogP contribution is -2.11. The molecule has 3 atom stereocenters. The minimum atomic E-state index is 0.777. The van der Waals surface area contributed by atoms with Crippen LogP contribution in [0.3, 0.4) is 0 Å². The molecule has 0 aromatic carbocycles. The van der Waals surface area contributed by atoms with Crippen LogP contribution in [0.2, 0.25) is 0 Å². The second-order valence-corrected chi connectivity index (χ2v) is 4.33. The number of hydrogen-bond donors (Lipinski definition) is 0. The van der Waals surface area contributed by atoms with Crippen molar-refractivity contribution in [3.05, 3.63) is 12.7 Å². The molecule has 0 radical (unpaired) electrons. The number of allylic oxidation sites excluding steroid dienone is 1. The van der Waals surface area contributed by atoms with E-state index in [2.05, 4.69) is 19.6 Å². The maximum absolute atomic E-state index is 3.86. The summed E-state index contributed by atoms with van der Waals surface area (Å²) in [7, 11) is 0. The van der Waals surface area contributed by atoms with E-state index in [1.165, 1.54) is 25.7 Å². The quantitative estimate of drug-likeness (QED) is 0.486. The average molecular weight is 136 g/mol. The van der Waals surface area contributed by atoms with Gasteiger partial charge in [0.05, 0.1) is 0 Å². The molecule has 2 fully saturated rings. The van der Waals surface area contributed by atoms with Gasteiger partial charge in [0.25, 0.3) is 0 Å². The highest BCUT2D eigenvalue weighted by Gasteiger charge is 2.52. The van der Waals surface area contributed by atoms with Crippen LogP contribution in [0.4, 0.5) is 0 Å². The molecule has 0 bridgehead atoms. The third-order valence-corrected chi connectivity index (χ3v) is 3.55. The molecule has 0 saturated heterocycles. The minimum Gasteiger partial charge on any atom is -0.103 e. The molecule has 0 aromatic heterocycles. The van der Waals surface area contributed by atoms with Crippen molar-refractivity contribution in [1.82, 2.24) is 0 Å². The lowest BCUT2D eigenvalue weighted by atomic mass is 9.83. The van der Waals surface area contributed by atoms with E-state index in [4.69, 9.17) is 0 Å². The summed E-state index contributed by atoms with van der Waals surface area (Å²) < 4.78 is 0. The van der Waals surface area contributed by atoms with Crippen molar-refractivity contribution < 1.29 is 0 Å². The second-order valence-electron chi connectivity index (χ2n) is 4.33. The third kappa shape index (κ3) is 0.817. The first-order valence-electron chi connectivity index (χ1n) is 4.37. The maximum atomic E-state index is 3.86. The van der Waals surface area contributed by atoms with Gasteiger partial charge in [-0.3, -0.25) is 0 Å². The Bertz CT molecular complexity index is 159. The van der Waals surface area contributed by atoms with Crippen LogP contribution in [0.1, 0.15) is 32.6 Å². The van der Waals surface area contributed by atoms with E-state index < -0.39 is 0 Å². The molecule has 0 N–H and O–H groups in total. The molecule has 2 saturated carbocycles. The average Bonchev–Trinajstić information content (AvgIpc) is 2.59. The summed E-state index contributed by atoms with van der Waals surface area (Å²) in [5.74, 6) is 1.91. The summed E-state index contributed by atoms with van der Waals surface area (Å²) in [5, 5.41) is 0. The Balaban J connectivity index is 1.98. The van der Waals surface area contributed by atoms with Gasteiger partial charge in [0.2, 0.25) is 0 Å². The van der Waals surface area contributed by atoms with Crippen molar-refractivity contribution in [2.24, 2.45) is 17.3 Å². The fourth-order valence-corrected chi connectivity index (χ4v) is 2.39. The van der Waals surface area contributed by atoms with Gasteiger partial charge in [-0.1, -0.05) is 13.0 Å². The van der Waals surface area contributed by atoms with Crippen LogP contribution < -0.4 is 0 Å². The SMILES string of the molecule is C=CC1CCC2(C)CC2C1. The van der Waals surface area contributed by atoms with Crippen molar-refractivity contribution in [2.75, 3.05) is 0 Å². The van der Waals surface area contributed by atoms with Crippen LogP contribution in [-0.2, 0) is 0 Å². The molecule has 0 spiro atoms. The van der Waals surface area contributed by atoms with E-state index in [-0.39, 0.29) is 0 Å². The standard InChI is InChI=1S/C10H16/c1-3-8-4-5-10(2)7-9(10)6-8/h3,8-9H,1,4-7H2,2H3. The second kappa shape index (κ2) is 1.87.